The Morgan fingerprint density at radius 3 is 2.32 bits per heavy atom. The number of carbonyl (C=O) groups is 3. The largest absolute Gasteiger partial charge is 0.455 e. The highest BCUT2D eigenvalue weighted by atomic mass is 35.5. The number of ether oxygens (including phenoxy) is 5. The van der Waals surface area contributed by atoms with Crippen LogP contribution in [0.3, 0.4) is 0 Å². The summed E-state index contributed by atoms with van der Waals surface area (Å²) < 4.78 is 30.1. The van der Waals surface area contributed by atoms with Crippen molar-refractivity contribution in [1.29, 1.82) is 0 Å². The van der Waals surface area contributed by atoms with E-state index in [1.165, 1.54) is 18.7 Å². The van der Waals surface area contributed by atoms with E-state index in [9.17, 15) is 14.4 Å². The van der Waals surface area contributed by atoms with Crippen LogP contribution in [0.15, 0.2) is 59.5 Å². The van der Waals surface area contributed by atoms with Gasteiger partial charge in [-0.1, -0.05) is 59.8 Å². The molecule has 0 N–H and O–H groups in total. The molecule has 2 heterocycles. The number of esters is 2. The molecule has 10 heteroatoms. The second-order valence-electron chi connectivity index (χ2n) is 8.90. The van der Waals surface area contributed by atoms with E-state index < -0.39 is 48.1 Å². The Hall–Kier alpha value is -2.43. The smallest absolute Gasteiger partial charge is 0.321 e. The molecule has 1 unspecified atom stereocenters. The Kier molecular flexibility index (Phi) is 9.61. The lowest BCUT2D eigenvalue weighted by atomic mass is 9.98. The summed E-state index contributed by atoms with van der Waals surface area (Å²) in [4.78, 5) is 37.4. The zero-order chi connectivity index (χ0) is 26.4. The summed E-state index contributed by atoms with van der Waals surface area (Å²) in [5.41, 5.74) is 1.15. The minimum absolute atomic E-state index is 0.0421. The minimum atomic E-state index is -1.02. The molecule has 2 fully saturated rings. The van der Waals surface area contributed by atoms with Gasteiger partial charge < -0.3 is 28.5 Å². The fourth-order valence-corrected chi connectivity index (χ4v) is 5.27. The summed E-state index contributed by atoms with van der Waals surface area (Å²) in [5.74, 6) is -1.79. The Morgan fingerprint density at radius 1 is 0.946 bits per heavy atom. The van der Waals surface area contributed by atoms with E-state index >= 15 is 0 Å². The SMILES string of the molecule is CC(=O)CCC(=O)O[C@H]1[C@H]2OC(c3ccccc3)OC[C@H]2O[C@@H](Sc2ccc(C)cc2)[C@@H]1OC(=O)CCl. The molecule has 0 saturated carbocycles. The maximum absolute atomic E-state index is 12.8. The van der Waals surface area contributed by atoms with E-state index in [-0.39, 0.29) is 31.1 Å². The zero-order valence-electron chi connectivity index (χ0n) is 20.5. The average Bonchev–Trinajstić information content (AvgIpc) is 2.90. The molecule has 2 aromatic rings. The van der Waals surface area contributed by atoms with Crippen LogP contribution in [0.1, 0.15) is 37.2 Å². The molecule has 2 saturated heterocycles. The number of aryl methyl sites for hydroxylation is 1. The van der Waals surface area contributed by atoms with E-state index in [1.807, 2.05) is 61.5 Å². The van der Waals surface area contributed by atoms with Gasteiger partial charge in [0.15, 0.2) is 18.5 Å². The van der Waals surface area contributed by atoms with Crippen LogP contribution in [0, 0.1) is 6.92 Å². The van der Waals surface area contributed by atoms with Gasteiger partial charge in [0.25, 0.3) is 0 Å². The van der Waals surface area contributed by atoms with Crippen LogP contribution in [-0.2, 0) is 38.1 Å². The highest BCUT2D eigenvalue weighted by molar-refractivity contribution is 7.99. The molecule has 8 nitrogen and oxygen atoms in total. The van der Waals surface area contributed by atoms with Crippen molar-refractivity contribution in [2.45, 2.75) is 67.7 Å². The summed E-state index contributed by atoms with van der Waals surface area (Å²) in [7, 11) is 0. The molecule has 37 heavy (non-hydrogen) atoms. The molecule has 0 aromatic heterocycles. The first-order valence-corrected chi connectivity index (χ1v) is 13.4. The van der Waals surface area contributed by atoms with Crippen LogP contribution >= 0.6 is 23.4 Å². The first-order chi connectivity index (χ1) is 17.8. The molecule has 198 valence electrons. The van der Waals surface area contributed by atoms with Crippen LogP contribution in [0.2, 0.25) is 0 Å². The molecule has 0 aliphatic carbocycles. The van der Waals surface area contributed by atoms with Gasteiger partial charge >= 0.3 is 11.9 Å². The third kappa shape index (κ3) is 7.33. The lowest BCUT2D eigenvalue weighted by Crippen LogP contribution is -2.63. The monoisotopic (exact) mass is 548 g/mol. The third-order valence-electron chi connectivity index (χ3n) is 5.95. The van der Waals surface area contributed by atoms with Crippen molar-refractivity contribution in [2.24, 2.45) is 0 Å². The maximum Gasteiger partial charge on any atom is 0.321 e. The second kappa shape index (κ2) is 12.9. The normalized spacial score (nSPS) is 27.1. The predicted octanol–water partition coefficient (Wildman–Crippen LogP) is 4.36. The van der Waals surface area contributed by atoms with Gasteiger partial charge in [0, 0.05) is 16.9 Å². The Labute approximate surface area is 224 Å². The summed E-state index contributed by atoms with van der Waals surface area (Å²) in [5, 5.41) is 0. The van der Waals surface area contributed by atoms with Gasteiger partial charge in [-0.15, -0.1) is 11.6 Å². The van der Waals surface area contributed by atoms with Crippen LogP contribution in [0.5, 0.6) is 0 Å². The number of benzene rings is 2. The predicted molar refractivity (Wildman–Crippen MR) is 136 cm³/mol. The van der Waals surface area contributed by atoms with Gasteiger partial charge in [0.1, 0.15) is 29.3 Å². The first kappa shape index (κ1) is 27.6. The number of thioether (sulfide) groups is 1. The van der Waals surface area contributed by atoms with Gasteiger partial charge in [-0.2, -0.15) is 0 Å². The Bertz CT molecular complexity index is 1080. The molecule has 4 rings (SSSR count). The van der Waals surface area contributed by atoms with Crippen LogP contribution in [0.25, 0.3) is 0 Å². The number of hydrogen-bond donors (Lipinski definition) is 0. The van der Waals surface area contributed by atoms with E-state index in [2.05, 4.69) is 0 Å². The summed E-state index contributed by atoms with van der Waals surface area (Å²) in [6.07, 6.45) is -4.20. The number of hydrogen-bond acceptors (Lipinski definition) is 9. The number of halogens is 1. The van der Waals surface area contributed by atoms with Gasteiger partial charge in [-0.3, -0.25) is 9.59 Å². The van der Waals surface area contributed by atoms with Gasteiger partial charge in [0.05, 0.1) is 13.0 Å². The van der Waals surface area contributed by atoms with Crippen molar-refractivity contribution >= 4 is 41.1 Å². The lowest BCUT2D eigenvalue weighted by Gasteiger charge is -2.48. The first-order valence-electron chi connectivity index (χ1n) is 12.0. The molecule has 0 radical (unpaired) electrons. The molecular formula is C27H29ClO8S. The standard InChI is InChI=1S/C27H29ClO8S/c1-16-8-11-19(12-9-16)37-27-25(35-22(31)14-28)24(34-21(30)13-10-17(2)29)23-20(33-27)15-32-26(36-23)18-6-4-3-5-7-18/h3-9,11-12,20,23-27H,10,13-15H2,1-2H3/t20-,23+,24+,25-,26?,27+/m1/s1. The highest BCUT2D eigenvalue weighted by Gasteiger charge is 2.54. The van der Waals surface area contributed by atoms with E-state index in [0.717, 1.165) is 16.0 Å². The molecular weight excluding hydrogens is 520 g/mol. The minimum Gasteiger partial charge on any atom is -0.455 e. The number of ketones is 1. The van der Waals surface area contributed by atoms with Crippen molar-refractivity contribution in [2.75, 3.05) is 12.5 Å². The molecule has 0 amide bonds. The number of carbonyl (C=O) groups excluding carboxylic acids is 3. The van der Waals surface area contributed by atoms with E-state index in [4.69, 9.17) is 35.3 Å². The lowest BCUT2D eigenvalue weighted by molar-refractivity contribution is -0.320. The molecule has 2 aromatic carbocycles. The average molecular weight is 549 g/mol. The van der Waals surface area contributed by atoms with Crippen molar-refractivity contribution in [3.8, 4) is 0 Å². The van der Waals surface area contributed by atoms with Crippen LogP contribution < -0.4 is 0 Å². The fourth-order valence-electron chi connectivity index (χ4n) is 4.10. The number of rotatable bonds is 9. The highest BCUT2D eigenvalue weighted by Crippen LogP contribution is 2.41. The van der Waals surface area contributed by atoms with Gasteiger partial charge in [-0.25, -0.2) is 0 Å². The number of alkyl halides is 1. The molecule has 6 atom stereocenters. The molecule has 2 aliphatic rings. The topological polar surface area (TPSA) is 97.4 Å². The van der Waals surface area contributed by atoms with Crippen LogP contribution in [0.4, 0.5) is 0 Å². The molecule has 2 aliphatic heterocycles. The van der Waals surface area contributed by atoms with Crippen LogP contribution in [-0.4, -0.2) is 60.1 Å². The molecule has 0 bridgehead atoms. The van der Waals surface area contributed by atoms with E-state index in [0.29, 0.717) is 0 Å². The zero-order valence-corrected chi connectivity index (χ0v) is 22.1. The summed E-state index contributed by atoms with van der Waals surface area (Å²) in [6, 6.07) is 17.1. The molecule has 0 spiro atoms. The fraction of sp³-hybridized carbons (Fsp3) is 0.444. The quantitative estimate of drug-likeness (QED) is 0.334. The van der Waals surface area contributed by atoms with Crippen molar-refractivity contribution < 1.29 is 38.1 Å². The van der Waals surface area contributed by atoms with Gasteiger partial charge in [-0.05, 0) is 26.0 Å². The Morgan fingerprint density at radius 2 is 1.65 bits per heavy atom. The van der Waals surface area contributed by atoms with E-state index in [1.54, 1.807) is 0 Å². The third-order valence-corrected chi connectivity index (χ3v) is 7.33. The van der Waals surface area contributed by atoms with Gasteiger partial charge in [0.2, 0.25) is 0 Å². The summed E-state index contributed by atoms with van der Waals surface area (Å²) >= 11 is 7.09. The number of fused-ring (bicyclic) bond motifs is 1. The Balaban J connectivity index is 1.63. The number of Topliss-reactive ketones (excluding diaryl/α,β-unsaturated/α-hetero) is 1. The second-order valence-corrected chi connectivity index (χ2v) is 10.3. The van der Waals surface area contributed by atoms with Crippen molar-refractivity contribution in [3.05, 3.63) is 65.7 Å². The van der Waals surface area contributed by atoms with Crippen molar-refractivity contribution in [1.82, 2.24) is 0 Å². The maximum atomic E-state index is 12.8. The summed E-state index contributed by atoms with van der Waals surface area (Å²) in [6.45, 7) is 3.56. The van der Waals surface area contributed by atoms with Crippen molar-refractivity contribution in [3.63, 3.8) is 0 Å².